The third kappa shape index (κ3) is 10.9. The molecule has 8 atom stereocenters. The Morgan fingerprint density at radius 3 is 2.35 bits per heavy atom. The summed E-state index contributed by atoms with van der Waals surface area (Å²) in [5, 5.41) is 39.3. The lowest BCUT2D eigenvalue weighted by atomic mass is 9.46. The van der Waals surface area contributed by atoms with Gasteiger partial charge in [0.25, 0.3) is 5.09 Å². The lowest BCUT2D eigenvalue weighted by Gasteiger charge is -2.59. The van der Waals surface area contributed by atoms with Crippen LogP contribution in [0.25, 0.3) is 0 Å². The number of nitrogens with zero attached hydrogens (tertiary/aromatic N) is 5. The minimum absolute atomic E-state index is 0. The molecule has 13 nitrogen and oxygen atoms in total. The van der Waals surface area contributed by atoms with E-state index in [0.29, 0.717) is 52.6 Å². The minimum atomic E-state index is -1.50. The summed E-state index contributed by atoms with van der Waals surface area (Å²) in [5.41, 5.74) is 0.540. The average Bonchev–Trinajstić information content (AvgIpc) is 3.80. The highest BCUT2D eigenvalue weighted by atomic mass is 35.5. The zero-order valence-electron chi connectivity index (χ0n) is 35.8. The highest BCUT2D eigenvalue weighted by Gasteiger charge is 2.68. The molecule has 5 aliphatic rings. The molecule has 2 aromatic carbocycles. The number of aromatic nitrogens is 2. The molecule has 4 fully saturated rings. The van der Waals surface area contributed by atoms with Crippen LogP contribution in [0.4, 0.5) is 0 Å². The summed E-state index contributed by atoms with van der Waals surface area (Å²) in [6.07, 6.45) is 13.4. The van der Waals surface area contributed by atoms with E-state index in [2.05, 4.69) is 35.7 Å². The van der Waals surface area contributed by atoms with Crippen molar-refractivity contribution >= 4 is 58.0 Å². The maximum absolute atomic E-state index is 13.5. The van der Waals surface area contributed by atoms with Gasteiger partial charge in [0, 0.05) is 81.0 Å². The summed E-state index contributed by atoms with van der Waals surface area (Å²) in [6.45, 7) is 8.99. The number of allylic oxidation sites excluding steroid dienone is 4. The summed E-state index contributed by atoms with van der Waals surface area (Å²) in [4.78, 5) is 42.4. The number of aliphatic hydroxyl groups is 2. The molecular weight excluding hydrogens is 904 g/mol. The summed E-state index contributed by atoms with van der Waals surface area (Å²) >= 11 is 24.5. The van der Waals surface area contributed by atoms with Crippen molar-refractivity contribution in [3.63, 3.8) is 0 Å². The number of halogens is 5. The van der Waals surface area contributed by atoms with Crippen LogP contribution in [-0.4, -0.2) is 103 Å². The van der Waals surface area contributed by atoms with E-state index in [4.69, 9.17) is 66.5 Å². The summed E-state index contributed by atoms with van der Waals surface area (Å²) < 4.78 is 8.05. The van der Waals surface area contributed by atoms with Crippen molar-refractivity contribution in [1.29, 1.82) is 0 Å². The van der Waals surface area contributed by atoms with Gasteiger partial charge in [0.05, 0.1) is 32.1 Å². The van der Waals surface area contributed by atoms with Gasteiger partial charge in [0.1, 0.15) is 11.7 Å². The highest BCUT2D eigenvalue weighted by molar-refractivity contribution is 6.35. The van der Waals surface area contributed by atoms with Gasteiger partial charge in [-0.25, -0.2) is 4.98 Å². The van der Waals surface area contributed by atoms with Crippen LogP contribution < -0.4 is 12.4 Å². The van der Waals surface area contributed by atoms with Crippen LogP contribution in [0.1, 0.15) is 64.6 Å². The molecule has 1 aliphatic heterocycles. The van der Waals surface area contributed by atoms with Gasteiger partial charge in [-0.05, 0) is 93.0 Å². The first-order chi connectivity index (χ1) is 28.8. The number of aliphatic hydroxyl groups excluding tert-OH is 1. The maximum atomic E-state index is 13.5. The Morgan fingerprint density at radius 2 is 1.73 bits per heavy atom. The summed E-state index contributed by atoms with van der Waals surface area (Å²) in [7, 11) is 2.10. The number of imidazole rings is 1. The molecule has 4 aliphatic carbocycles. The molecule has 2 unspecified atom stereocenters. The fourth-order valence-electron chi connectivity index (χ4n) is 10.5. The number of benzene rings is 2. The minimum Gasteiger partial charge on any atom is -1.00 e. The molecule has 1 saturated heterocycles. The van der Waals surface area contributed by atoms with Gasteiger partial charge in [-0.3, -0.25) is 14.5 Å². The SMILES string of the molecule is CN1CCN(CC(=O)[C@@]2(O)CC[C@H]3[C@@H]4CCC5=CC(=O)C=C[C@]5(C)C4[C@@H](O)C[C@@]32C)CC1.Clc1ccc(COC(Cn2ccnc2)c2ccc(Cl)cc2Cl)c(Cl)c1.O=[N+]([O-])O.[Cl-].[H+]. The van der Waals surface area contributed by atoms with Crippen LogP contribution in [-0.2, 0) is 27.5 Å². The third-order valence-corrected chi connectivity index (χ3v) is 14.9. The summed E-state index contributed by atoms with van der Waals surface area (Å²) in [5.74, 6) is 0.454. The van der Waals surface area contributed by atoms with Crippen molar-refractivity contribution in [1.82, 2.24) is 19.4 Å². The number of rotatable bonds is 9. The molecule has 0 bridgehead atoms. The fraction of sp³-hybridized carbons (Fsp3) is 0.523. The molecule has 3 aromatic rings. The van der Waals surface area contributed by atoms with E-state index in [1.165, 1.54) is 0 Å². The van der Waals surface area contributed by atoms with E-state index in [9.17, 15) is 19.8 Å². The van der Waals surface area contributed by atoms with Gasteiger partial charge in [-0.1, -0.05) is 84.0 Å². The predicted molar refractivity (Wildman–Crippen MR) is 234 cm³/mol. The lowest BCUT2D eigenvalue weighted by Crippen LogP contribution is -3.00. The van der Waals surface area contributed by atoms with Crippen molar-refractivity contribution in [2.24, 2.45) is 28.6 Å². The summed E-state index contributed by atoms with van der Waals surface area (Å²) in [6, 6.07) is 10.7. The Labute approximate surface area is 389 Å². The number of piperazine rings is 1. The van der Waals surface area contributed by atoms with Gasteiger partial charge in [-0.2, -0.15) is 0 Å². The van der Waals surface area contributed by atoms with Crippen LogP contribution >= 0.6 is 46.4 Å². The number of ketones is 2. The monoisotopic (exact) mass is 955 g/mol. The number of Topliss-reactive ketones (excluding diaryl/α,β-unsaturated/α-hetero) is 1. The molecule has 18 heteroatoms. The van der Waals surface area contributed by atoms with Crippen LogP contribution in [0.3, 0.4) is 0 Å². The number of carbonyl (C=O) groups is 2. The maximum Gasteiger partial charge on any atom is 1.00 e. The fourth-order valence-corrected chi connectivity index (χ4v) is 11.5. The Hall–Kier alpha value is -3.08. The molecule has 8 rings (SSSR count). The third-order valence-electron chi connectivity index (χ3n) is 13.8. The van der Waals surface area contributed by atoms with E-state index in [1.54, 1.807) is 48.9 Å². The second-order valence-electron chi connectivity index (χ2n) is 17.3. The molecule has 2 heterocycles. The number of carbonyl (C=O) groups excluding carboxylic acids is 2. The molecular formula is C44H54Cl5N5O8. The first-order valence-corrected chi connectivity index (χ1v) is 21.9. The molecule has 1 aromatic heterocycles. The van der Waals surface area contributed by atoms with E-state index in [-0.39, 0.29) is 54.7 Å². The Balaban J connectivity index is 0.000000254. The second-order valence-corrected chi connectivity index (χ2v) is 19.0. The average molecular weight is 958 g/mol. The number of ether oxygens (including phenoxy) is 1. The van der Waals surface area contributed by atoms with Crippen molar-refractivity contribution < 1.29 is 48.7 Å². The highest BCUT2D eigenvalue weighted by Crippen LogP contribution is 2.67. The molecule has 338 valence electrons. The van der Waals surface area contributed by atoms with E-state index < -0.39 is 22.2 Å². The van der Waals surface area contributed by atoms with Crippen LogP contribution in [0.2, 0.25) is 20.1 Å². The Bertz CT molecular complexity index is 2140. The number of hydrogen-bond donors (Lipinski definition) is 3. The number of hydrogen-bond acceptors (Lipinski definition) is 10. The predicted octanol–water partition coefficient (Wildman–Crippen LogP) is 5.04. The van der Waals surface area contributed by atoms with E-state index in [0.717, 1.165) is 62.1 Å². The molecule has 0 amide bonds. The van der Waals surface area contributed by atoms with Gasteiger partial charge < -0.3 is 42.0 Å². The first kappa shape index (κ1) is 49.9. The number of fused-ring (bicyclic) bond motifs is 5. The van der Waals surface area contributed by atoms with Crippen molar-refractivity contribution in [3.05, 3.63) is 120 Å². The van der Waals surface area contributed by atoms with Crippen LogP contribution in [0.5, 0.6) is 0 Å². The van der Waals surface area contributed by atoms with Gasteiger partial charge in [-0.15, -0.1) is 10.1 Å². The number of likely N-dealkylation sites (N-methyl/N-ethyl adjacent to an activating group) is 1. The topological polar surface area (TPSA) is 172 Å². The second kappa shape index (κ2) is 20.8. The van der Waals surface area contributed by atoms with Crippen LogP contribution in [0, 0.1) is 38.7 Å². The molecule has 62 heavy (non-hydrogen) atoms. The van der Waals surface area contributed by atoms with Gasteiger partial charge >= 0.3 is 1.43 Å². The molecule has 3 saturated carbocycles. The quantitative estimate of drug-likeness (QED) is 0.194. The lowest BCUT2D eigenvalue weighted by molar-refractivity contribution is -0.742. The Morgan fingerprint density at radius 1 is 1.06 bits per heavy atom. The zero-order valence-corrected chi connectivity index (χ0v) is 38.6. The van der Waals surface area contributed by atoms with Crippen molar-refractivity contribution in [2.75, 3.05) is 39.8 Å². The molecule has 0 spiro atoms. The Kier molecular flexibility index (Phi) is 16.8. The zero-order chi connectivity index (χ0) is 44.3. The normalized spacial score (nSPS) is 29.6. The standard InChI is InChI=1S/C26H38N2O4.C18H14Cl4N2O.ClH.HNO3/c1-24-8-6-18(29)14-17(24)4-5-19-20-7-9-26(32,25(20,2)15-21(30)23(19)24)22(31)16-28-12-10-27(3)11-13-28;19-13-2-1-12(16(21)7-13)10-25-18(9-24-6-5-23-11-24)15-4-3-14(20)8-17(15)22;;2-1(3)4/h6,8,14,19-21,23,30,32H,4-5,7,9-13,15-16H2,1-3H3;1-8,11,18H,9-10H2;1H;(H,2,3,4)/t19-,20-,21-,23?,24-,25-,26-;;;/m0.../s1. The van der Waals surface area contributed by atoms with E-state index >= 15 is 0 Å². The van der Waals surface area contributed by atoms with Crippen molar-refractivity contribution in [2.45, 2.75) is 76.9 Å². The molecule has 3 N–H and O–H groups in total. The van der Waals surface area contributed by atoms with Crippen molar-refractivity contribution in [3.8, 4) is 0 Å². The first-order valence-electron chi connectivity index (χ1n) is 20.4. The largest absolute Gasteiger partial charge is 1.00 e. The van der Waals surface area contributed by atoms with E-state index in [1.807, 2.05) is 29.0 Å². The van der Waals surface area contributed by atoms with Crippen LogP contribution in [0.15, 0.2) is 78.9 Å². The van der Waals surface area contributed by atoms with Gasteiger partial charge in [0.2, 0.25) is 0 Å². The van der Waals surface area contributed by atoms with Gasteiger partial charge in [0.15, 0.2) is 11.6 Å². The molecule has 0 radical (unpaired) electrons. The smallest absolute Gasteiger partial charge is 1.00 e.